The SMILES string of the molecule is Cn1ncc2c(N)nc(COCC3CC3)nc21. The Labute approximate surface area is 98.8 Å². The van der Waals surface area contributed by atoms with Crippen LogP contribution in [0.2, 0.25) is 0 Å². The lowest BCUT2D eigenvalue weighted by Gasteiger charge is -2.04. The Bertz CT molecular complexity index is 546. The molecule has 6 heteroatoms. The highest BCUT2D eigenvalue weighted by molar-refractivity contribution is 5.84. The fraction of sp³-hybridized carbons (Fsp3) is 0.545. The number of hydrogen-bond acceptors (Lipinski definition) is 5. The van der Waals surface area contributed by atoms with Gasteiger partial charge in [-0.25, -0.2) is 9.97 Å². The number of nitrogen functional groups attached to an aromatic ring is 1. The van der Waals surface area contributed by atoms with Crippen molar-refractivity contribution in [1.29, 1.82) is 0 Å². The zero-order valence-corrected chi connectivity index (χ0v) is 9.76. The Hall–Kier alpha value is -1.69. The first-order chi connectivity index (χ1) is 8.24. The topological polar surface area (TPSA) is 78.9 Å². The Balaban J connectivity index is 1.80. The molecular weight excluding hydrogens is 218 g/mol. The molecule has 2 aromatic rings. The minimum atomic E-state index is 0.418. The van der Waals surface area contributed by atoms with Crippen LogP contribution in [-0.4, -0.2) is 26.4 Å². The van der Waals surface area contributed by atoms with E-state index in [9.17, 15) is 0 Å². The summed E-state index contributed by atoms with van der Waals surface area (Å²) in [7, 11) is 1.84. The molecular formula is C11H15N5O. The number of fused-ring (bicyclic) bond motifs is 1. The monoisotopic (exact) mass is 233 g/mol. The van der Waals surface area contributed by atoms with Gasteiger partial charge in [0.05, 0.1) is 11.6 Å². The van der Waals surface area contributed by atoms with E-state index in [2.05, 4.69) is 15.1 Å². The average Bonchev–Trinajstić information content (AvgIpc) is 3.04. The molecule has 2 heterocycles. The van der Waals surface area contributed by atoms with E-state index in [1.165, 1.54) is 12.8 Å². The van der Waals surface area contributed by atoms with Crippen molar-refractivity contribution < 1.29 is 4.74 Å². The maximum absolute atomic E-state index is 5.85. The van der Waals surface area contributed by atoms with Gasteiger partial charge in [-0.1, -0.05) is 0 Å². The fourth-order valence-electron chi connectivity index (χ4n) is 1.76. The van der Waals surface area contributed by atoms with E-state index < -0.39 is 0 Å². The molecule has 0 radical (unpaired) electrons. The lowest BCUT2D eigenvalue weighted by molar-refractivity contribution is 0.106. The number of anilines is 1. The summed E-state index contributed by atoms with van der Waals surface area (Å²) in [5.74, 6) is 1.83. The normalized spacial score (nSPS) is 15.6. The zero-order chi connectivity index (χ0) is 11.8. The molecule has 1 aliphatic rings. The average molecular weight is 233 g/mol. The first kappa shape index (κ1) is 10.5. The molecule has 0 aromatic carbocycles. The van der Waals surface area contributed by atoms with Crippen LogP contribution in [0, 0.1) is 5.92 Å². The molecule has 0 amide bonds. The molecule has 0 saturated heterocycles. The van der Waals surface area contributed by atoms with Gasteiger partial charge in [0.15, 0.2) is 11.5 Å². The summed E-state index contributed by atoms with van der Waals surface area (Å²) < 4.78 is 7.25. The van der Waals surface area contributed by atoms with Gasteiger partial charge in [-0.15, -0.1) is 0 Å². The number of rotatable bonds is 4. The van der Waals surface area contributed by atoms with Crippen molar-refractivity contribution in [1.82, 2.24) is 19.7 Å². The molecule has 1 saturated carbocycles. The second kappa shape index (κ2) is 3.96. The molecule has 0 unspecified atom stereocenters. The molecule has 0 atom stereocenters. The second-order valence-corrected chi connectivity index (χ2v) is 4.49. The van der Waals surface area contributed by atoms with Crippen LogP contribution in [0.25, 0.3) is 11.0 Å². The number of nitrogens with two attached hydrogens (primary N) is 1. The molecule has 1 aliphatic carbocycles. The van der Waals surface area contributed by atoms with Crippen molar-refractivity contribution in [2.24, 2.45) is 13.0 Å². The molecule has 0 bridgehead atoms. The minimum absolute atomic E-state index is 0.418. The van der Waals surface area contributed by atoms with E-state index in [4.69, 9.17) is 10.5 Å². The number of aromatic nitrogens is 4. The van der Waals surface area contributed by atoms with Crippen LogP contribution in [0.3, 0.4) is 0 Å². The first-order valence-corrected chi connectivity index (χ1v) is 5.76. The maximum atomic E-state index is 5.85. The Morgan fingerprint density at radius 2 is 2.29 bits per heavy atom. The van der Waals surface area contributed by atoms with Gasteiger partial charge in [-0.05, 0) is 18.8 Å². The number of hydrogen-bond donors (Lipinski definition) is 1. The van der Waals surface area contributed by atoms with E-state index in [0.29, 0.717) is 18.2 Å². The van der Waals surface area contributed by atoms with Gasteiger partial charge < -0.3 is 10.5 Å². The molecule has 0 aliphatic heterocycles. The molecule has 0 spiro atoms. The van der Waals surface area contributed by atoms with Gasteiger partial charge in [0.25, 0.3) is 0 Å². The van der Waals surface area contributed by atoms with Gasteiger partial charge in [-0.3, -0.25) is 4.68 Å². The van der Waals surface area contributed by atoms with Crippen molar-refractivity contribution in [2.45, 2.75) is 19.4 Å². The smallest absolute Gasteiger partial charge is 0.163 e. The number of aryl methyl sites for hydroxylation is 1. The highest BCUT2D eigenvalue weighted by Gasteiger charge is 2.21. The van der Waals surface area contributed by atoms with Gasteiger partial charge in [0.2, 0.25) is 0 Å². The van der Waals surface area contributed by atoms with Crippen molar-refractivity contribution in [2.75, 3.05) is 12.3 Å². The molecule has 1 fully saturated rings. The van der Waals surface area contributed by atoms with Crippen LogP contribution < -0.4 is 5.73 Å². The predicted octanol–water partition coefficient (Wildman–Crippen LogP) is 0.872. The summed E-state index contributed by atoms with van der Waals surface area (Å²) in [5, 5.41) is 4.90. The van der Waals surface area contributed by atoms with Crippen molar-refractivity contribution in [3.8, 4) is 0 Å². The largest absolute Gasteiger partial charge is 0.383 e. The molecule has 17 heavy (non-hydrogen) atoms. The van der Waals surface area contributed by atoms with Crippen LogP contribution in [0.1, 0.15) is 18.7 Å². The summed E-state index contributed by atoms with van der Waals surface area (Å²) in [5.41, 5.74) is 6.61. The van der Waals surface area contributed by atoms with E-state index in [0.717, 1.165) is 23.6 Å². The van der Waals surface area contributed by atoms with Crippen LogP contribution in [0.4, 0.5) is 5.82 Å². The quantitative estimate of drug-likeness (QED) is 0.847. The molecule has 6 nitrogen and oxygen atoms in total. The lowest BCUT2D eigenvalue weighted by atomic mass is 10.4. The number of ether oxygens (including phenoxy) is 1. The van der Waals surface area contributed by atoms with E-state index in [1.54, 1.807) is 10.9 Å². The summed E-state index contributed by atoms with van der Waals surface area (Å²) in [4.78, 5) is 8.62. The van der Waals surface area contributed by atoms with Crippen molar-refractivity contribution >= 4 is 16.9 Å². The molecule has 2 aromatic heterocycles. The van der Waals surface area contributed by atoms with Crippen LogP contribution in [-0.2, 0) is 18.4 Å². The summed E-state index contributed by atoms with van der Waals surface area (Å²) >= 11 is 0. The van der Waals surface area contributed by atoms with Gasteiger partial charge in [0, 0.05) is 13.7 Å². The highest BCUT2D eigenvalue weighted by atomic mass is 16.5. The summed E-state index contributed by atoms with van der Waals surface area (Å²) in [6.07, 6.45) is 4.24. The molecule has 2 N–H and O–H groups in total. The third kappa shape index (κ3) is 2.08. The Kier molecular flexibility index (Phi) is 2.44. The molecule has 90 valence electrons. The molecule has 3 rings (SSSR count). The third-order valence-electron chi connectivity index (χ3n) is 2.95. The lowest BCUT2D eigenvalue weighted by Crippen LogP contribution is -2.05. The van der Waals surface area contributed by atoms with Crippen LogP contribution >= 0.6 is 0 Å². The first-order valence-electron chi connectivity index (χ1n) is 5.76. The Morgan fingerprint density at radius 1 is 1.47 bits per heavy atom. The zero-order valence-electron chi connectivity index (χ0n) is 9.76. The minimum Gasteiger partial charge on any atom is -0.383 e. The van der Waals surface area contributed by atoms with Gasteiger partial charge in [0.1, 0.15) is 12.4 Å². The van der Waals surface area contributed by atoms with Crippen LogP contribution in [0.5, 0.6) is 0 Å². The predicted molar refractivity (Wildman–Crippen MR) is 63.1 cm³/mol. The van der Waals surface area contributed by atoms with Gasteiger partial charge >= 0.3 is 0 Å². The van der Waals surface area contributed by atoms with E-state index in [-0.39, 0.29) is 0 Å². The van der Waals surface area contributed by atoms with Gasteiger partial charge in [-0.2, -0.15) is 5.10 Å². The van der Waals surface area contributed by atoms with E-state index in [1.807, 2.05) is 7.05 Å². The van der Waals surface area contributed by atoms with E-state index >= 15 is 0 Å². The third-order valence-corrected chi connectivity index (χ3v) is 2.95. The second-order valence-electron chi connectivity index (χ2n) is 4.49. The van der Waals surface area contributed by atoms with Crippen molar-refractivity contribution in [3.63, 3.8) is 0 Å². The highest BCUT2D eigenvalue weighted by Crippen LogP contribution is 2.29. The van der Waals surface area contributed by atoms with Crippen molar-refractivity contribution in [3.05, 3.63) is 12.0 Å². The summed E-state index contributed by atoms with van der Waals surface area (Å²) in [6, 6.07) is 0. The fourth-order valence-corrected chi connectivity index (χ4v) is 1.76. The number of nitrogens with zero attached hydrogens (tertiary/aromatic N) is 4. The Morgan fingerprint density at radius 3 is 3.06 bits per heavy atom. The standard InChI is InChI=1S/C11H15N5O/c1-16-11-8(4-13-16)10(12)14-9(15-11)6-17-5-7-2-3-7/h4,7H,2-3,5-6H2,1H3,(H2,12,14,15). The summed E-state index contributed by atoms with van der Waals surface area (Å²) in [6.45, 7) is 1.22. The maximum Gasteiger partial charge on any atom is 0.163 e. The van der Waals surface area contributed by atoms with Crippen LogP contribution in [0.15, 0.2) is 6.20 Å².